The number of ether oxygens (including phenoxy) is 3. The Morgan fingerprint density at radius 1 is 0.284 bits per heavy atom. The zero-order chi connectivity index (χ0) is 53.6. The van der Waals surface area contributed by atoms with E-state index in [1.54, 1.807) is 0 Å². The molecule has 0 aliphatic heterocycles. The van der Waals surface area contributed by atoms with E-state index in [-0.39, 0.29) is 31.1 Å². The molecule has 0 aliphatic carbocycles. The first-order valence-electron chi connectivity index (χ1n) is 31.2. The molecule has 0 aliphatic rings. The van der Waals surface area contributed by atoms with Crippen LogP contribution >= 0.6 is 0 Å². The number of unbranched alkanes of at least 4 members (excludes halogenated alkanes) is 29. The minimum absolute atomic E-state index is 0.0848. The fraction of sp³-hybridized carbons (Fsp3) is 0.721. The van der Waals surface area contributed by atoms with E-state index in [2.05, 4.69) is 118 Å². The largest absolute Gasteiger partial charge is 0.462 e. The van der Waals surface area contributed by atoms with Gasteiger partial charge in [0, 0.05) is 19.3 Å². The number of esters is 3. The van der Waals surface area contributed by atoms with Crippen LogP contribution in [-0.2, 0) is 28.6 Å². The molecule has 1 unspecified atom stereocenters. The van der Waals surface area contributed by atoms with Crippen molar-refractivity contribution in [2.24, 2.45) is 0 Å². The molecule has 0 spiro atoms. The van der Waals surface area contributed by atoms with Gasteiger partial charge in [0.05, 0.1) is 0 Å². The predicted molar refractivity (Wildman–Crippen MR) is 320 cm³/mol. The van der Waals surface area contributed by atoms with Crippen molar-refractivity contribution in [3.8, 4) is 0 Å². The van der Waals surface area contributed by atoms with Crippen LogP contribution in [0.4, 0.5) is 0 Å². The van der Waals surface area contributed by atoms with Crippen LogP contribution in [-0.4, -0.2) is 37.2 Å². The smallest absolute Gasteiger partial charge is 0.306 e. The van der Waals surface area contributed by atoms with Crippen LogP contribution in [0.25, 0.3) is 0 Å². The Morgan fingerprint density at radius 3 is 0.824 bits per heavy atom. The molecule has 0 amide bonds. The minimum atomic E-state index is -0.789. The molecule has 0 radical (unpaired) electrons. The van der Waals surface area contributed by atoms with Gasteiger partial charge in [-0.3, -0.25) is 14.4 Å². The Labute approximate surface area is 457 Å². The Balaban J connectivity index is 4.33. The fourth-order valence-electron chi connectivity index (χ4n) is 8.65. The van der Waals surface area contributed by atoms with Crippen molar-refractivity contribution in [2.75, 3.05) is 13.2 Å². The first-order valence-corrected chi connectivity index (χ1v) is 31.2. The molecular weight excluding hydrogens is 913 g/mol. The molecule has 6 nitrogen and oxygen atoms in total. The summed E-state index contributed by atoms with van der Waals surface area (Å²) in [6.45, 7) is 6.50. The molecule has 0 aromatic rings. The highest BCUT2D eigenvalue weighted by Gasteiger charge is 2.19. The van der Waals surface area contributed by atoms with Crippen LogP contribution in [0.3, 0.4) is 0 Å². The van der Waals surface area contributed by atoms with E-state index in [0.29, 0.717) is 19.3 Å². The lowest BCUT2D eigenvalue weighted by molar-refractivity contribution is -0.167. The topological polar surface area (TPSA) is 78.9 Å². The van der Waals surface area contributed by atoms with E-state index in [1.807, 2.05) is 0 Å². The van der Waals surface area contributed by atoms with Crippen molar-refractivity contribution in [3.05, 3.63) is 97.2 Å². The van der Waals surface area contributed by atoms with Crippen molar-refractivity contribution in [3.63, 3.8) is 0 Å². The Kier molecular flexibility index (Phi) is 58.8. The van der Waals surface area contributed by atoms with E-state index in [9.17, 15) is 14.4 Å². The zero-order valence-electron chi connectivity index (χ0n) is 48.6. The molecule has 424 valence electrons. The summed E-state index contributed by atoms with van der Waals surface area (Å²) in [6.07, 6.45) is 82.7. The molecule has 0 heterocycles. The van der Waals surface area contributed by atoms with Crippen molar-refractivity contribution in [1.82, 2.24) is 0 Å². The maximum Gasteiger partial charge on any atom is 0.306 e. The van der Waals surface area contributed by atoms with Crippen LogP contribution in [0, 0.1) is 0 Å². The second kappa shape index (κ2) is 61.9. The maximum atomic E-state index is 12.9. The van der Waals surface area contributed by atoms with Gasteiger partial charge in [-0.25, -0.2) is 0 Å². The molecule has 0 saturated carbocycles. The Hall–Kier alpha value is -3.67. The average Bonchev–Trinajstić information content (AvgIpc) is 3.40. The number of rotatable bonds is 56. The van der Waals surface area contributed by atoms with Crippen molar-refractivity contribution >= 4 is 17.9 Å². The average molecular weight is 1030 g/mol. The lowest BCUT2D eigenvalue weighted by Gasteiger charge is -2.18. The second-order valence-electron chi connectivity index (χ2n) is 20.6. The van der Waals surface area contributed by atoms with Gasteiger partial charge in [-0.15, -0.1) is 0 Å². The van der Waals surface area contributed by atoms with Gasteiger partial charge in [0.15, 0.2) is 6.10 Å². The standard InChI is InChI=1S/C68H116O6/c1-4-7-10-13-16-19-22-24-26-28-30-32-34-36-38-40-42-44-46-49-52-55-58-61-67(70)73-64-65(63-72-66(69)60-57-54-51-48-21-18-15-12-9-6-3)74-68(71)62-59-56-53-50-47-45-43-41-39-37-35-33-31-29-27-25-23-20-17-14-11-8-5-2/h7,10,16,19,23-26,29-32,36,38,42,44,65H,4-6,8-9,11-15,17-18,20-22,27-28,33-35,37,39-41,43,45-64H2,1-3H3/b10-7-,19-16-,25-23-,26-24-,31-29-,32-30-,38-36-,44-42-. The summed E-state index contributed by atoms with van der Waals surface area (Å²) in [4.78, 5) is 38.2. The summed E-state index contributed by atoms with van der Waals surface area (Å²) in [7, 11) is 0. The van der Waals surface area contributed by atoms with Gasteiger partial charge in [0.25, 0.3) is 0 Å². The third kappa shape index (κ3) is 59.2. The number of hydrogen-bond donors (Lipinski definition) is 0. The van der Waals surface area contributed by atoms with E-state index in [4.69, 9.17) is 14.2 Å². The SMILES string of the molecule is CC/C=C\C/C=C\C/C=C\C/C=C\C/C=C\C/C=C\CCCCCCC(=O)OCC(COC(=O)CCCCCCCCCCCC)OC(=O)CCCCCCCCCCCCC/C=C\C/C=C\CCCCCCC. The van der Waals surface area contributed by atoms with Gasteiger partial charge >= 0.3 is 17.9 Å². The highest BCUT2D eigenvalue weighted by molar-refractivity contribution is 5.71. The van der Waals surface area contributed by atoms with E-state index in [1.165, 1.54) is 141 Å². The number of carbonyl (C=O) groups excluding carboxylic acids is 3. The number of allylic oxidation sites excluding steroid dienone is 16. The molecule has 0 aromatic heterocycles. The summed E-state index contributed by atoms with van der Waals surface area (Å²) in [5.74, 6) is -0.907. The summed E-state index contributed by atoms with van der Waals surface area (Å²) in [5, 5.41) is 0. The van der Waals surface area contributed by atoms with Crippen LogP contribution in [0.5, 0.6) is 0 Å². The van der Waals surface area contributed by atoms with E-state index in [0.717, 1.165) is 116 Å². The normalized spacial score (nSPS) is 12.7. The van der Waals surface area contributed by atoms with Gasteiger partial charge in [-0.1, -0.05) is 272 Å². The van der Waals surface area contributed by atoms with Crippen LogP contribution < -0.4 is 0 Å². The molecule has 0 N–H and O–H groups in total. The molecule has 6 heteroatoms. The minimum Gasteiger partial charge on any atom is -0.462 e. The van der Waals surface area contributed by atoms with E-state index >= 15 is 0 Å². The quantitative estimate of drug-likeness (QED) is 0.0261. The molecule has 1 atom stereocenters. The van der Waals surface area contributed by atoms with Crippen molar-refractivity contribution in [1.29, 1.82) is 0 Å². The summed E-state index contributed by atoms with van der Waals surface area (Å²) in [5.41, 5.74) is 0. The van der Waals surface area contributed by atoms with Crippen molar-refractivity contribution in [2.45, 2.75) is 303 Å². The molecule has 0 aromatic carbocycles. The molecule has 0 bridgehead atoms. The predicted octanol–water partition coefficient (Wildman–Crippen LogP) is 21.3. The number of carbonyl (C=O) groups is 3. The third-order valence-corrected chi connectivity index (χ3v) is 13.3. The molecular formula is C68H116O6. The van der Waals surface area contributed by atoms with Gasteiger partial charge in [0.1, 0.15) is 13.2 Å². The first-order chi connectivity index (χ1) is 36.5. The molecule has 74 heavy (non-hydrogen) atoms. The van der Waals surface area contributed by atoms with Crippen LogP contribution in [0.2, 0.25) is 0 Å². The highest BCUT2D eigenvalue weighted by Crippen LogP contribution is 2.16. The van der Waals surface area contributed by atoms with Crippen molar-refractivity contribution < 1.29 is 28.6 Å². The monoisotopic (exact) mass is 1030 g/mol. The van der Waals surface area contributed by atoms with Gasteiger partial charge in [0.2, 0.25) is 0 Å². The van der Waals surface area contributed by atoms with Crippen LogP contribution in [0.1, 0.15) is 297 Å². The third-order valence-electron chi connectivity index (χ3n) is 13.3. The molecule has 0 rings (SSSR count). The van der Waals surface area contributed by atoms with Gasteiger partial charge in [-0.2, -0.15) is 0 Å². The van der Waals surface area contributed by atoms with Crippen LogP contribution in [0.15, 0.2) is 97.2 Å². The lowest BCUT2D eigenvalue weighted by atomic mass is 10.0. The van der Waals surface area contributed by atoms with Gasteiger partial charge in [-0.05, 0) is 103 Å². The summed E-state index contributed by atoms with van der Waals surface area (Å²) < 4.78 is 16.9. The molecule has 0 fully saturated rings. The van der Waals surface area contributed by atoms with E-state index < -0.39 is 6.10 Å². The summed E-state index contributed by atoms with van der Waals surface area (Å²) in [6, 6.07) is 0. The summed E-state index contributed by atoms with van der Waals surface area (Å²) >= 11 is 0. The lowest BCUT2D eigenvalue weighted by Crippen LogP contribution is -2.30. The number of hydrogen-bond acceptors (Lipinski definition) is 6. The first kappa shape index (κ1) is 70.3. The Bertz CT molecular complexity index is 1460. The second-order valence-corrected chi connectivity index (χ2v) is 20.6. The zero-order valence-corrected chi connectivity index (χ0v) is 48.6. The Morgan fingerprint density at radius 2 is 0.527 bits per heavy atom. The molecule has 0 saturated heterocycles. The fourth-order valence-corrected chi connectivity index (χ4v) is 8.65. The highest BCUT2D eigenvalue weighted by atomic mass is 16.6. The maximum absolute atomic E-state index is 12.9. The van der Waals surface area contributed by atoms with Gasteiger partial charge < -0.3 is 14.2 Å².